The molecule has 0 bridgehead atoms. The van der Waals surface area contributed by atoms with Crippen LogP contribution in [0.15, 0.2) is 18.2 Å². The van der Waals surface area contributed by atoms with Gasteiger partial charge < -0.3 is 20.5 Å². The first kappa shape index (κ1) is 15.4. The minimum absolute atomic E-state index is 0.00965. The zero-order valence-electron chi connectivity index (χ0n) is 11.1. The van der Waals surface area contributed by atoms with Gasteiger partial charge in [-0.2, -0.15) is 0 Å². The molecule has 0 fully saturated rings. The Morgan fingerprint density at radius 2 is 2.20 bits per heavy atom. The Morgan fingerprint density at radius 1 is 1.45 bits per heavy atom. The summed E-state index contributed by atoms with van der Waals surface area (Å²) in [6.07, 6.45) is 6.33. The van der Waals surface area contributed by atoms with Gasteiger partial charge in [0.1, 0.15) is 5.75 Å². The highest BCUT2D eigenvalue weighted by Gasteiger charge is 2.13. The van der Waals surface area contributed by atoms with Gasteiger partial charge in [0.05, 0.1) is 18.4 Å². The Balaban J connectivity index is 2.72. The molecule has 0 aliphatic carbocycles. The molecule has 0 saturated heterocycles. The Bertz CT molecular complexity index is 534. The van der Waals surface area contributed by atoms with Gasteiger partial charge >= 0.3 is 12.0 Å². The molecule has 1 aromatic carbocycles. The number of carboxylic acid groups (broad SMARTS) is 1. The zero-order chi connectivity index (χ0) is 15.0. The number of rotatable bonds is 6. The highest BCUT2D eigenvalue weighted by molar-refractivity contribution is 6.00. The van der Waals surface area contributed by atoms with Crippen LogP contribution in [-0.2, 0) is 0 Å². The number of nitrogens with one attached hydrogen (secondary N) is 2. The van der Waals surface area contributed by atoms with E-state index in [1.807, 2.05) is 0 Å². The number of hydrogen-bond acceptors (Lipinski definition) is 3. The van der Waals surface area contributed by atoms with Crippen LogP contribution < -0.4 is 15.4 Å². The van der Waals surface area contributed by atoms with Crippen LogP contribution in [0, 0.1) is 12.3 Å². The van der Waals surface area contributed by atoms with Crippen molar-refractivity contribution in [2.75, 3.05) is 19.0 Å². The summed E-state index contributed by atoms with van der Waals surface area (Å²) in [4.78, 5) is 22.7. The second-order valence-electron chi connectivity index (χ2n) is 3.91. The number of unbranched alkanes of at least 4 members (excludes halogenated alkanes) is 1. The van der Waals surface area contributed by atoms with Crippen molar-refractivity contribution in [3.8, 4) is 18.1 Å². The average molecular weight is 276 g/mol. The van der Waals surface area contributed by atoms with Crippen LogP contribution in [0.25, 0.3) is 0 Å². The second-order valence-corrected chi connectivity index (χ2v) is 3.91. The van der Waals surface area contributed by atoms with E-state index in [1.165, 1.54) is 25.3 Å². The summed E-state index contributed by atoms with van der Waals surface area (Å²) in [6, 6.07) is 3.84. The molecule has 0 heterocycles. The van der Waals surface area contributed by atoms with E-state index in [1.54, 1.807) is 0 Å². The van der Waals surface area contributed by atoms with E-state index in [2.05, 4.69) is 16.6 Å². The molecule has 0 radical (unpaired) electrons. The third-order valence-corrected chi connectivity index (χ3v) is 2.49. The minimum Gasteiger partial charge on any atom is -0.497 e. The fourth-order valence-electron chi connectivity index (χ4n) is 1.50. The molecule has 2 amide bonds. The quantitative estimate of drug-likeness (QED) is 0.547. The number of amides is 2. The van der Waals surface area contributed by atoms with Gasteiger partial charge in [-0.3, -0.25) is 0 Å². The summed E-state index contributed by atoms with van der Waals surface area (Å²) < 4.78 is 5.00. The van der Waals surface area contributed by atoms with Gasteiger partial charge in [-0.1, -0.05) is 0 Å². The van der Waals surface area contributed by atoms with Crippen molar-refractivity contribution < 1.29 is 19.4 Å². The molecular formula is C14H16N2O4. The molecule has 0 aliphatic rings. The Labute approximate surface area is 117 Å². The number of aromatic carboxylic acids is 1. The van der Waals surface area contributed by atoms with E-state index < -0.39 is 12.0 Å². The van der Waals surface area contributed by atoms with E-state index in [0.717, 1.165) is 0 Å². The van der Waals surface area contributed by atoms with Crippen LogP contribution in [0.1, 0.15) is 23.2 Å². The summed E-state index contributed by atoms with van der Waals surface area (Å²) in [6.45, 7) is 0.419. The van der Waals surface area contributed by atoms with Crippen LogP contribution in [0.2, 0.25) is 0 Å². The standard InChI is InChI=1S/C14H16N2O4/c1-3-4-5-8-15-14(19)16-12-9-10(20-2)6-7-11(12)13(17)18/h1,6-7,9H,4-5,8H2,2H3,(H,17,18)(H2,15,16,19). The van der Waals surface area contributed by atoms with Crippen LogP contribution in [0.4, 0.5) is 10.5 Å². The predicted octanol–water partition coefficient (Wildman–Crippen LogP) is 1.93. The largest absolute Gasteiger partial charge is 0.497 e. The molecular weight excluding hydrogens is 260 g/mol. The number of benzene rings is 1. The van der Waals surface area contributed by atoms with Gasteiger partial charge in [-0.05, 0) is 18.6 Å². The summed E-state index contributed by atoms with van der Waals surface area (Å²) in [5.41, 5.74) is 0.163. The first-order valence-electron chi connectivity index (χ1n) is 5.98. The summed E-state index contributed by atoms with van der Waals surface area (Å²) in [7, 11) is 1.46. The van der Waals surface area contributed by atoms with E-state index in [9.17, 15) is 9.59 Å². The fraction of sp³-hybridized carbons (Fsp3) is 0.286. The molecule has 1 aromatic rings. The number of anilines is 1. The van der Waals surface area contributed by atoms with E-state index in [4.69, 9.17) is 16.3 Å². The number of terminal acetylenes is 1. The van der Waals surface area contributed by atoms with Crippen LogP contribution in [-0.4, -0.2) is 30.8 Å². The van der Waals surface area contributed by atoms with E-state index in [0.29, 0.717) is 25.1 Å². The van der Waals surface area contributed by atoms with Gasteiger partial charge in [0.2, 0.25) is 0 Å². The fourth-order valence-corrected chi connectivity index (χ4v) is 1.50. The highest BCUT2D eigenvalue weighted by atomic mass is 16.5. The maximum atomic E-state index is 11.6. The molecule has 6 heteroatoms. The van der Waals surface area contributed by atoms with Crippen molar-refractivity contribution >= 4 is 17.7 Å². The number of ether oxygens (including phenoxy) is 1. The van der Waals surface area contributed by atoms with Gasteiger partial charge in [0.25, 0.3) is 0 Å². The second kappa shape index (κ2) is 7.69. The molecule has 0 aromatic heterocycles. The SMILES string of the molecule is C#CCCCNC(=O)Nc1cc(OC)ccc1C(=O)O. The van der Waals surface area contributed by atoms with E-state index >= 15 is 0 Å². The lowest BCUT2D eigenvalue weighted by molar-refractivity contribution is 0.0698. The Hall–Kier alpha value is -2.68. The predicted molar refractivity (Wildman–Crippen MR) is 75.0 cm³/mol. The maximum Gasteiger partial charge on any atom is 0.337 e. The van der Waals surface area contributed by atoms with Crippen LogP contribution >= 0.6 is 0 Å². The van der Waals surface area contributed by atoms with Gasteiger partial charge in [-0.25, -0.2) is 9.59 Å². The number of urea groups is 1. The topological polar surface area (TPSA) is 87.7 Å². The monoisotopic (exact) mass is 276 g/mol. The lowest BCUT2D eigenvalue weighted by atomic mass is 10.1. The third kappa shape index (κ3) is 4.53. The molecule has 1 rings (SSSR count). The lowest BCUT2D eigenvalue weighted by Gasteiger charge is -2.11. The number of methoxy groups -OCH3 is 1. The summed E-state index contributed by atoms with van der Waals surface area (Å²) >= 11 is 0. The van der Waals surface area contributed by atoms with Crippen molar-refractivity contribution in [1.29, 1.82) is 0 Å². The van der Waals surface area contributed by atoms with Crippen molar-refractivity contribution in [3.63, 3.8) is 0 Å². The normalized spacial score (nSPS) is 9.40. The number of carbonyl (C=O) groups is 2. The van der Waals surface area contributed by atoms with Gasteiger partial charge in [-0.15, -0.1) is 12.3 Å². The number of carboxylic acids is 1. The molecule has 0 spiro atoms. The zero-order valence-corrected chi connectivity index (χ0v) is 11.1. The molecule has 20 heavy (non-hydrogen) atoms. The van der Waals surface area contributed by atoms with Crippen molar-refractivity contribution in [2.45, 2.75) is 12.8 Å². The van der Waals surface area contributed by atoms with Crippen LogP contribution in [0.3, 0.4) is 0 Å². The first-order valence-corrected chi connectivity index (χ1v) is 5.98. The van der Waals surface area contributed by atoms with E-state index in [-0.39, 0.29) is 11.3 Å². The Kier molecular flexibility index (Phi) is 5.91. The molecule has 0 saturated carbocycles. The number of carbonyl (C=O) groups excluding carboxylic acids is 1. The van der Waals surface area contributed by atoms with Gasteiger partial charge in [0, 0.05) is 19.0 Å². The minimum atomic E-state index is -1.13. The molecule has 0 atom stereocenters. The molecule has 106 valence electrons. The average Bonchev–Trinajstić information content (AvgIpc) is 2.43. The molecule has 6 nitrogen and oxygen atoms in total. The van der Waals surface area contributed by atoms with Crippen molar-refractivity contribution in [3.05, 3.63) is 23.8 Å². The molecule has 0 unspecified atom stereocenters. The highest BCUT2D eigenvalue weighted by Crippen LogP contribution is 2.22. The van der Waals surface area contributed by atoms with Crippen molar-refractivity contribution in [2.24, 2.45) is 0 Å². The summed E-state index contributed by atoms with van der Waals surface area (Å²) in [5.74, 6) is 1.79. The first-order chi connectivity index (χ1) is 9.58. The Morgan fingerprint density at radius 3 is 2.80 bits per heavy atom. The van der Waals surface area contributed by atoms with Crippen molar-refractivity contribution in [1.82, 2.24) is 5.32 Å². The lowest BCUT2D eigenvalue weighted by Crippen LogP contribution is -2.30. The smallest absolute Gasteiger partial charge is 0.337 e. The third-order valence-electron chi connectivity index (χ3n) is 2.49. The summed E-state index contributed by atoms with van der Waals surface area (Å²) in [5, 5.41) is 14.1. The van der Waals surface area contributed by atoms with Crippen LogP contribution in [0.5, 0.6) is 5.75 Å². The van der Waals surface area contributed by atoms with Gasteiger partial charge in [0.15, 0.2) is 0 Å². The molecule has 3 N–H and O–H groups in total. The molecule has 0 aliphatic heterocycles. The maximum absolute atomic E-state index is 11.6. The number of hydrogen-bond donors (Lipinski definition) is 3.